The average Bonchev–Trinajstić information content (AvgIpc) is 2.94. The van der Waals surface area contributed by atoms with E-state index in [0.717, 1.165) is 30.2 Å². The first-order valence-electron chi connectivity index (χ1n) is 14.7. The summed E-state index contributed by atoms with van der Waals surface area (Å²) in [5.41, 5.74) is 7.76. The van der Waals surface area contributed by atoms with Gasteiger partial charge in [-0.25, -0.2) is 9.97 Å². The molecule has 6 heteroatoms. The van der Waals surface area contributed by atoms with Crippen LogP contribution < -0.4 is 21.1 Å². The van der Waals surface area contributed by atoms with Crippen molar-refractivity contribution in [2.75, 3.05) is 22.9 Å². The average molecular weight is 518 g/mol. The Balaban J connectivity index is 1.27. The molecule has 206 valence electrons. The quantitative estimate of drug-likeness (QED) is 0.129. The van der Waals surface area contributed by atoms with E-state index in [1.165, 1.54) is 83.5 Å². The van der Waals surface area contributed by atoms with E-state index in [2.05, 4.69) is 27.5 Å². The Kier molecular flexibility index (Phi) is 13.9. The summed E-state index contributed by atoms with van der Waals surface area (Å²) in [6, 6.07) is 17.5. The van der Waals surface area contributed by atoms with Gasteiger partial charge in [0.15, 0.2) is 11.6 Å². The highest BCUT2D eigenvalue weighted by Crippen LogP contribution is 2.28. The van der Waals surface area contributed by atoms with Crippen molar-refractivity contribution in [1.29, 1.82) is 0 Å². The molecule has 0 amide bonds. The number of aromatic nitrogens is 2. The molecular formula is C32H47N5O. The van der Waals surface area contributed by atoms with Gasteiger partial charge >= 0.3 is 0 Å². The van der Waals surface area contributed by atoms with Crippen molar-refractivity contribution in [2.24, 2.45) is 0 Å². The van der Waals surface area contributed by atoms with E-state index >= 15 is 0 Å². The second kappa shape index (κ2) is 18.1. The predicted molar refractivity (Wildman–Crippen MR) is 161 cm³/mol. The third kappa shape index (κ3) is 11.4. The lowest BCUT2D eigenvalue weighted by molar-refractivity contribution is 0.483. The lowest BCUT2D eigenvalue weighted by atomic mass is 10.0. The number of para-hydroxylation sites is 1. The molecular weight excluding hydrogens is 470 g/mol. The Morgan fingerprint density at radius 2 is 1.16 bits per heavy atom. The molecule has 4 N–H and O–H groups in total. The van der Waals surface area contributed by atoms with Crippen LogP contribution in [0.2, 0.25) is 0 Å². The summed E-state index contributed by atoms with van der Waals surface area (Å²) >= 11 is 0. The molecule has 6 nitrogen and oxygen atoms in total. The first-order valence-corrected chi connectivity index (χ1v) is 14.7. The van der Waals surface area contributed by atoms with Gasteiger partial charge in [-0.05, 0) is 42.8 Å². The van der Waals surface area contributed by atoms with Crippen LogP contribution in [0.5, 0.6) is 11.5 Å². The lowest BCUT2D eigenvalue weighted by Crippen LogP contribution is -2.09. The minimum Gasteiger partial charge on any atom is -0.457 e. The van der Waals surface area contributed by atoms with Gasteiger partial charge in [-0.2, -0.15) is 0 Å². The van der Waals surface area contributed by atoms with E-state index in [9.17, 15) is 0 Å². The zero-order valence-electron chi connectivity index (χ0n) is 23.3. The van der Waals surface area contributed by atoms with Gasteiger partial charge in [0.2, 0.25) is 0 Å². The second-order valence-corrected chi connectivity index (χ2v) is 10.1. The molecule has 0 fully saturated rings. The zero-order chi connectivity index (χ0) is 26.7. The van der Waals surface area contributed by atoms with E-state index in [1.54, 1.807) is 6.33 Å². The first kappa shape index (κ1) is 29.3. The Bertz CT molecular complexity index is 1010. The fourth-order valence-corrected chi connectivity index (χ4v) is 4.53. The highest BCUT2D eigenvalue weighted by atomic mass is 16.5. The molecule has 0 aliphatic carbocycles. The second-order valence-electron chi connectivity index (χ2n) is 10.1. The van der Waals surface area contributed by atoms with Gasteiger partial charge in [0, 0.05) is 12.2 Å². The topological polar surface area (TPSA) is 85.1 Å². The SMILES string of the molecule is CCCCCCCCCCCCCCCCNc1ncnc(Nc2ccc(Oc3ccccc3)cc2)c1N. The number of anilines is 4. The van der Waals surface area contributed by atoms with E-state index < -0.39 is 0 Å². The molecule has 0 atom stereocenters. The Morgan fingerprint density at radius 3 is 1.76 bits per heavy atom. The number of hydrogen-bond donors (Lipinski definition) is 3. The van der Waals surface area contributed by atoms with E-state index in [1.807, 2.05) is 54.6 Å². The monoisotopic (exact) mass is 517 g/mol. The molecule has 0 aliphatic heterocycles. The van der Waals surface area contributed by atoms with Gasteiger partial charge in [0.05, 0.1) is 0 Å². The molecule has 3 rings (SSSR count). The molecule has 0 bridgehead atoms. The first-order chi connectivity index (χ1) is 18.8. The van der Waals surface area contributed by atoms with Crippen LogP contribution in [0.25, 0.3) is 0 Å². The molecule has 3 aromatic rings. The number of unbranched alkanes of at least 4 members (excludes halogenated alkanes) is 13. The molecule has 0 saturated carbocycles. The third-order valence-corrected chi connectivity index (χ3v) is 6.80. The number of rotatable bonds is 20. The zero-order valence-corrected chi connectivity index (χ0v) is 23.3. The van der Waals surface area contributed by atoms with Crippen LogP contribution in [0.1, 0.15) is 96.8 Å². The molecule has 0 radical (unpaired) electrons. The summed E-state index contributed by atoms with van der Waals surface area (Å²) in [5.74, 6) is 2.86. The molecule has 1 heterocycles. The smallest absolute Gasteiger partial charge is 0.159 e. The van der Waals surface area contributed by atoms with Crippen LogP contribution >= 0.6 is 0 Å². The molecule has 0 spiro atoms. The summed E-state index contributed by atoms with van der Waals surface area (Å²) in [5, 5.41) is 6.67. The van der Waals surface area contributed by atoms with Crippen molar-refractivity contribution in [1.82, 2.24) is 9.97 Å². The Hall–Kier alpha value is -3.28. The minimum absolute atomic E-state index is 0.530. The van der Waals surface area contributed by atoms with Crippen molar-refractivity contribution in [2.45, 2.75) is 96.8 Å². The number of nitrogens with zero attached hydrogens (tertiary/aromatic N) is 2. The van der Waals surface area contributed by atoms with Crippen molar-refractivity contribution in [3.05, 3.63) is 60.9 Å². The van der Waals surface area contributed by atoms with Crippen molar-refractivity contribution >= 4 is 23.0 Å². The molecule has 0 aliphatic rings. The van der Waals surface area contributed by atoms with Gasteiger partial charge in [0.1, 0.15) is 23.5 Å². The van der Waals surface area contributed by atoms with E-state index in [-0.39, 0.29) is 0 Å². The number of nitrogens with one attached hydrogen (secondary N) is 2. The molecule has 0 saturated heterocycles. The van der Waals surface area contributed by atoms with E-state index in [0.29, 0.717) is 17.3 Å². The van der Waals surface area contributed by atoms with Crippen LogP contribution in [0.4, 0.5) is 23.0 Å². The number of ether oxygens (including phenoxy) is 1. The maximum atomic E-state index is 6.35. The molecule has 0 unspecified atom stereocenters. The standard InChI is InChI=1S/C32H47N5O/c1-2-3-4-5-6-7-8-9-10-11-12-13-14-18-25-34-31-30(33)32(36-26-35-31)37-27-21-23-29(24-22-27)38-28-19-16-15-17-20-28/h15-17,19-24,26H,2-14,18,25,33H2,1H3,(H2,34,35,36,37). The maximum absolute atomic E-state index is 6.35. The van der Waals surface area contributed by atoms with Crippen molar-refractivity contribution < 1.29 is 4.74 Å². The van der Waals surface area contributed by atoms with Crippen LogP contribution in [-0.4, -0.2) is 16.5 Å². The van der Waals surface area contributed by atoms with Gasteiger partial charge in [-0.3, -0.25) is 0 Å². The fraction of sp³-hybridized carbons (Fsp3) is 0.500. The van der Waals surface area contributed by atoms with E-state index in [4.69, 9.17) is 10.5 Å². The Labute approximate surface area is 229 Å². The number of hydrogen-bond acceptors (Lipinski definition) is 6. The van der Waals surface area contributed by atoms with Crippen LogP contribution in [0, 0.1) is 0 Å². The largest absolute Gasteiger partial charge is 0.457 e. The van der Waals surface area contributed by atoms with Gasteiger partial charge in [-0.1, -0.05) is 109 Å². The van der Waals surface area contributed by atoms with Gasteiger partial charge < -0.3 is 21.1 Å². The van der Waals surface area contributed by atoms with Crippen LogP contribution in [0.3, 0.4) is 0 Å². The third-order valence-electron chi connectivity index (χ3n) is 6.80. The van der Waals surface area contributed by atoms with Gasteiger partial charge in [-0.15, -0.1) is 0 Å². The highest BCUT2D eigenvalue weighted by Gasteiger charge is 2.08. The molecule has 2 aromatic carbocycles. The minimum atomic E-state index is 0.530. The molecule has 1 aromatic heterocycles. The number of nitrogen functional groups attached to an aromatic ring is 1. The molecule has 38 heavy (non-hydrogen) atoms. The fourth-order valence-electron chi connectivity index (χ4n) is 4.53. The number of benzene rings is 2. The summed E-state index contributed by atoms with van der Waals surface area (Å²) in [7, 11) is 0. The normalized spacial score (nSPS) is 10.9. The number of nitrogens with two attached hydrogens (primary N) is 1. The maximum Gasteiger partial charge on any atom is 0.159 e. The van der Waals surface area contributed by atoms with Crippen LogP contribution in [-0.2, 0) is 0 Å². The van der Waals surface area contributed by atoms with Gasteiger partial charge in [0.25, 0.3) is 0 Å². The summed E-state index contributed by atoms with van der Waals surface area (Å²) < 4.78 is 5.86. The van der Waals surface area contributed by atoms with Crippen molar-refractivity contribution in [3.63, 3.8) is 0 Å². The van der Waals surface area contributed by atoms with Crippen molar-refractivity contribution in [3.8, 4) is 11.5 Å². The Morgan fingerprint density at radius 1 is 0.632 bits per heavy atom. The summed E-state index contributed by atoms with van der Waals surface area (Å²) in [6.45, 7) is 3.15. The van der Waals surface area contributed by atoms with Crippen LogP contribution in [0.15, 0.2) is 60.9 Å². The lowest BCUT2D eigenvalue weighted by Gasteiger charge is -2.13. The highest BCUT2D eigenvalue weighted by molar-refractivity contribution is 5.77. The summed E-state index contributed by atoms with van der Waals surface area (Å²) in [6.07, 6.45) is 20.6. The predicted octanol–water partition coefficient (Wildman–Crippen LogP) is 9.49. The summed E-state index contributed by atoms with van der Waals surface area (Å²) in [4.78, 5) is 8.66.